The number of Topliss-reactive ketones (excluding diaryl/α,β-unsaturated/α-hetero) is 1. The number of ketones is 1. The zero-order chi connectivity index (χ0) is 20.4. The first kappa shape index (κ1) is 28.8. The number of hydrogen-bond acceptors (Lipinski definition) is 3. The molecule has 0 amide bonds. The highest BCUT2D eigenvalue weighted by Crippen LogP contribution is 2.12. The fourth-order valence-corrected chi connectivity index (χ4v) is 2.67. The predicted octanol–water partition coefficient (Wildman–Crippen LogP) is 7.51. The summed E-state index contributed by atoms with van der Waals surface area (Å²) in [5.41, 5.74) is 0. The average molecular weight is 387 g/mol. The lowest BCUT2D eigenvalue weighted by atomic mass is 10.1. The molecular weight excluding hydrogens is 336 g/mol. The molecule has 0 aromatic rings. The SMILES string of the molecule is CCC(C)=O.CCCOCCCCCCCCCCCCCCOCCC. The molecule has 0 spiro atoms. The van der Waals surface area contributed by atoms with Crippen molar-refractivity contribution in [2.24, 2.45) is 0 Å². The van der Waals surface area contributed by atoms with E-state index in [0.29, 0.717) is 6.42 Å². The molecule has 0 heterocycles. The van der Waals surface area contributed by atoms with Gasteiger partial charge in [-0.25, -0.2) is 0 Å². The van der Waals surface area contributed by atoms with Crippen LogP contribution in [0.15, 0.2) is 0 Å². The number of unbranched alkanes of at least 4 members (excludes halogenated alkanes) is 11. The van der Waals surface area contributed by atoms with Gasteiger partial charge in [0.25, 0.3) is 0 Å². The Morgan fingerprint density at radius 3 is 1.00 bits per heavy atom. The van der Waals surface area contributed by atoms with Crippen LogP contribution in [0.25, 0.3) is 0 Å². The van der Waals surface area contributed by atoms with E-state index in [1.54, 1.807) is 6.92 Å². The molecule has 0 saturated carbocycles. The van der Waals surface area contributed by atoms with Crippen LogP contribution in [0.4, 0.5) is 0 Å². The summed E-state index contributed by atoms with van der Waals surface area (Å²) in [7, 11) is 0. The topological polar surface area (TPSA) is 35.5 Å². The molecule has 27 heavy (non-hydrogen) atoms. The van der Waals surface area contributed by atoms with Gasteiger partial charge < -0.3 is 14.3 Å². The molecule has 0 aliphatic rings. The maximum Gasteiger partial charge on any atom is 0.129 e. The third kappa shape index (κ3) is 33.6. The van der Waals surface area contributed by atoms with Crippen molar-refractivity contribution in [2.75, 3.05) is 26.4 Å². The van der Waals surface area contributed by atoms with E-state index in [2.05, 4.69) is 13.8 Å². The predicted molar refractivity (Wildman–Crippen MR) is 119 cm³/mol. The minimum atomic E-state index is 0.255. The molecule has 0 fully saturated rings. The quantitative estimate of drug-likeness (QED) is 0.203. The molecule has 0 aliphatic carbocycles. The first-order valence-corrected chi connectivity index (χ1v) is 11.8. The lowest BCUT2D eigenvalue weighted by molar-refractivity contribution is -0.116. The lowest BCUT2D eigenvalue weighted by Crippen LogP contribution is -1.95. The Bertz CT molecular complexity index is 246. The van der Waals surface area contributed by atoms with Crippen LogP contribution in [-0.2, 0) is 14.3 Å². The molecule has 3 nitrogen and oxygen atoms in total. The van der Waals surface area contributed by atoms with Crippen LogP contribution in [0.3, 0.4) is 0 Å². The molecular formula is C24H50O3. The Morgan fingerprint density at radius 1 is 0.519 bits per heavy atom. The van der Waals surface area contributed by atoms with Crippen molar-refractivity contribution in [2.45, 2.75) is 124 Å². The van der Waals surface area contributed by atoms with Crippen molar-refractivity contribution < 1.29 is 14.3 Å². The van der Waals surface area contributed by atoms with Gasteiger partial charge in [0.1, 0.15) is 5.78 Å². The molecule has 0 aromatic carbocycles. The Hall–Kier alpha value is -0.410. The molecule has 0 bridgehead atoms. The summed E-state index contributed by atoms with van der Waals surface area (Å²) < 4.78 is 11.0. The number of carbonyl (C=O) groups excluding carboxylic acids is 1. The van der Waals surface area contributed by atoms with Crippen molar-refractivity contribution in [3.05, 3.63) is 0 Å². The fraction of sp³-hybridized carbons (Fsp3) is 0.958. The minimum Gasteiger partial charge on any atom is -0.381 e. The second-order valence-electron chi connectivity index (χ2n) is 7.52. The van der Waals surface area contributed by atoms with Crippen molar-refractivity contribution in [3.8, 4) is 0 Å². The van der Waals surface area contributed by atoms with Gasteiger partial charge in [0, 0.05) is 32.8 Å². The number of hydrogen-bond donors (Lipinski definition) is 0. The van der Waals surface area contributed by atoms with Crippen LogP contribution >= 0.6 is 0 Å². The van der Waals surface area contributed by atoms with Gasteiger partial charge in [0.2, 0.25) is 0 Å². The van der Waals surface area contributed by atoms with Crippen molar-refractivity contribution in [1.29, 1.82) is 0 Å². The Kier molecular flexibility index (Phi) is 29.7. The molecule has 3 heteroatoms. The minimum absolute atomic E-state index is 0.255. The van der Waals surface area contributed by atoms with Crippen LogP contribution in [0.2, 0.25) is 0 Å². The van der Waals surface area contributed by atoms with E-state index >= 15 is 0 Å². The second kappa shape index (κ2) is 27.8. The van der Waals surface area contributed by atoms with Crippen LogP contribution < -0.4 is 0 Å². The van der Waals surface area contributed by atoms with Crippen LogP contribution in [0.1, 0.15) is 124 Å². The van der Waals surface area contributed by atoms with E-state index in [4.69, 9.17) is 9.47 Å². The van der Waals surface area contributed by atoms with Crippen LogP contribution in [-0.4, -0.2) is 32.2 Å². The largest absolute Gasteiger partial charge is 0.381 e. The van der Waals surface area contributed by atoms with Crippen molar-refractivity contribution >= 4 is 5.78 Å². The Balaban J connectivity index is 0. The Labute approximate surface area is 171 Å². The first-order chi connectivity index (χ1) is 13.2. The average Bonchev–Trinajstić information content (AvgIpc) is 2.67. The molecule has 164 valence electrons. The van der Waals surface area contributed by atoms with Gasteiger partial charge in [-0.1, -0.05) is 85.0 Å². The summed E-state index contributed by atoms with van der Waals surface area (Å²) in [5, 5.41) is 0. The number of carbonyl (C=O) groups is 1. The number of rotatable bonds is 20. The highest BCUT2D eigenvalue weighted by Gasteiger charge is 1.94. The Morgan fingerprint density at radius 2 is 0.778 bits per heavy atom. The molecule has 0 aromatic heterocycles. The van der Waals surface area contributed by atoms with Gasteiger partial charge >= 0.3 is 0 Å². The number of ether oxygens (including phenoxy) is 2. The lowest BCUT2D eigenvalue weighted by Gasteiger charge is -2.04. The monoisotopic (exact) mass is 386 g/mol. The molecule has 0 atom stereocenters. The standard InChI is InChI=1S/C20H42O2.C4H8O/c1-3-17-21-19-15-13-11-9-7-5-6-8-10-12-14-16-20-22-18-4-2;1-3-4(2)5/h3-20H2,1-2H3;3H2,1-2H3. The van der Waals surface area contributed by atoms with E-state index < -0.39 is 0 Å². The zero-order valence-electron chi connectivity index (χ0n) is 19.2. The first-order valence-electron chi connectivity index (χ1n) is 11.8. The van der Waals surface area contributed by atoms with Gasteiger partial charge in [0.15, 0.2) is 0 Å². The molecule has 0 rings (SSSR count). The summed E-state index contributed by atoms with van der Waals surface area (Å²) >= 11 is 0. The van der Waals surface area contributed by atoms with E-state index in [0.717, 1.165) is 39.3 Å². The summed E-state index contributed by atoms with van der Waals surface area (Å²) in [5.74, 6) is 0.255. The summed E-state index contributed by atoms with van der Waals surface area (Å²) in [6.07, 6.45) is 19.5. The third-order valence-corrected chi connectivity index (χ3v) is 4.52. The zero-order valence-corrected chi connectivity index (χ0v) is 19.2. The highest BCUT2D eigenvalue weighted by atomic mass is 16.5. The van der Waals surface area contributed by atoms with Crippen LogP contribution in [0.5, 0.6) is 0 Å². The van der Waals surface area contributed by atoms with E-state index in [1.165, 1.54) is 77.0 Å². The van der Waals surface area contributed by atoms with Gasteiger partial charge in [-0.05, 0) is 32.6 Å². The van der Waals surface area contributed by atoms with E-state index in [-0.39, 0.29) is 5.78 Å². The molecule has 0 aliphatic heterocycles. The van der Waals surface area contributed by atoms with Crippen molar-refractivity contribution in [1.82, 2.24) is 0 Å². The third-order valence-electron chi connectivity index (χ3n) is 4.52. The highest BCUT2D eigenvalue weighted by molar-refractivity contribution is 5.74. The molecule has 0 radical (unpaired) electrons. The summed E-state index contributed by atoms with van der Waals surface area (Å²) in [6, 6.07) is 0. The van der Waals surface area contributed by atoms with Crippen molar-refractivity contribution in [3.63, 3.8) is 0 Å². The van der Waals surface area contributed by atoms with Gasteiger partial charge in [-0.2, -0.15) is 0 Å². The second-order valence-corrected chi connectivity index (χ2v) is 7.52. The molecule has 0 saturated heterocycles. The fourth-order valence-electron chi connectivity index (χ4n) is 2.67. The van der Waals surface area contributed by atoms with Gasteiger partial charge in [-0.15, -0.1) is 0 Å². The summed E-state index contributed by atoms with van der Waals surface area (Å²) in [6.45, 7) is 11.6. The van der Waals surface area contributed by atoms with E-state index in [1.807, 2.05) is 6.92 Å². The summed E-state index contributed by atoms with van der Waals surface area (Å²) in [4.78, 5) is 9.81. The smallest absolute Gasteiger partial charge is 0.129 e. The van der Waals surface area contributed by atoms with Gasteiger partial charge in [-0.3, -0.25) is 0 Å². The normalized spacial score (nSPS) is 10.5. The molecule has 0 unspecified atom stereocenters. The maximum atomic E-state index is 9.81. The van der Waals surface area contributed by atoms with E-state index in [9.17, 15) is 4.79 Å². The maximum absolute atomic E-state index is 9.81. The van der Waals surface area contributed by atoms with Gasteiger partial charge in [0.05, 0.1) is 0 Å². The van der Waals surface area contributed by atoms with Crippen LogP contribution in [0, 0.1) is 0 Å². The molecule has 0 N–H and O–H groups in total.